The van der Waals surface area contributed by atoms with Crippen LogP contribution in [0.5, 0.6) is 0 Å². The summed E-state index contributed by atoms with van der Waals surface area (Å²) in [7, 11) is 5.73. The van der Waals surface area contributed by atoms with Gasteiger partial charge in [0.1, 0.15) is 0 Å². The Bertz CT molecular complexity index is 185. The van der Waals surface area contributed by atoms with Gasteiger partial charge in [-0.25, -0.2) is 0 Å². The predicted molar refractivity (Wildman–Crippen MR) is 59.1 cm³/mol. The number of rotatable bonds is 3. The first-order valence-corrected chi connectivity index (χ1v) is 4.62. The average Bonchev–Trinajstić information content (AvgIpc) is 2.18. The van der Waals surface area contributed by atoms with Gasteiger partial charge in [0.25, 0.3) is 0 Å². The fourth-order valence-corrected chi connectivity index (χ4v) is 0.914. The number of nitrogens with one attached hydrogen (secondary N) is 2. The molecule has 0 radical (unpaired) electrons. The molecule has 0 saturated carbocycles. The molecule has 2 heteroatoms. The second-order valence-electron chi connectivity index (χ2n) is 2.84. The number of hydrogen-bond donors (Lipinski definition) is 2. The van der Waals surface area contributed by atoms with Crippen molar-refractivity contribution in [2.45, 2.75) is 6.42 Å². The number of benzene rings is 1. The van der Waals surface area contributed by atoms with Crippen LogP contribution in [0.4, 0.5) is 0 Å². The van der Waals surface area contributed by atoms with E-state index in [-0.39, 0.29) is 0 Å². The minimum absolute atomic E-state index is 1.06. The van der Waals surface area contributed by atoms with Gasteiger partial charge in [0.05, 0.1) is 0 Å². The Kier molecular flexibility index (Phi) is 8.62. The maximum atomic E-state index is 3.12. The fraction of sp³-hybridized carbons (Fsp3) is 0.455. The highest BCUT2D eigenvalue weighted by atomic mass is 14.8. The lowest BCUT2D eigenvalue weighted by molar-refractivity contribution is 0.792. The molecule has 13 heavy (non-hydrogen) atoms. The second-order valence-corrected chi connectivity index (χ2v) is 2.84. The van der Waals surface area contributed by atoms with Crippen molar-refractivity contribution >= 4 is 0 Å². The van der Waals surface area contributed by atoms with Crippen LogP contribution in [0.3, 0.4) is 0 Å². The van der Waals surface area contributed by atoms with Crippen molar-refractivity contribution in [3.8, 4) is 0 Å². The summed E-state index contributed by atoms with van der Waals surface area (Å²) in [6.45, 7) is 1.06. The molecule has 1 aromatic rings. The second kappa shape index (κ2) is 9.23. The quantitative estimate of drug-likeness (QED) is 0.732. The van der Waals surface area contributed by atoms with E-state index >= 15 is 0 Å². The molecule has 1 aromatic carbocycles. The van der Waals surface area contributed by atoms with Crippen LogP contribution in [-0.2, 0) is 6.42 Å². The molecule has 0 aliphatic carbocycles. The van der Waals surface area contributed by atoms with Crippen LogP contribution in [-0.4, -0.2) is 27.7 Å². The van der Waals surface area contributed by atoms with Crippen molar-refractivity contribution in [3.63, 3.8) is 0 Å². The number of hydrogen-bond acceptors (Lipinski definition) is 2. The Hall–Kier alpha value is -0.860. The normalized spacial score (nSPS) is 8.85. The van der Waals surface area contributed by atoms with Crippen LogP contribution in [0.2, 0.25) is 0 Å². The van der Waals surface area contributed by atoms with Gasteiger partial charge in [0.2, 0.25) is 0 Å². The van der Waals surface area contributed by atoms with Crippen LogP contribution in [0.15, 0.2) is 30.3 Å². The molecule has 1 rings (SSSR count). The molecule has 0 unspecified atom stereocenters. The average molecular weight is 180 g/mol. The summed E-state index contributed by atoms with van der Waals surface area (Å²) in [6, 6.07) is 10.5. The molecular formula is C11H20N2. The number of likely N-dealkylation sites (N-methyl/N-ethyl adjacent to an activating group) is 1. The summed E-state index contributed by atoms with van der Waals surface area (Å²) < 4.78 is 0. The zero-order valence-electron chi connectivity index (χ0n) is 8.80. The molecular weight excluding hydrogens is 160 g/mol. The van der Waals surface area contributed by atoms with Gasteiger partial charge in [0.15, 0.2) is 0 Å². The van der Waals surface area contributed by atoms with E-state index in [0.29, 0.717) is 0 Å². The van der Waals surface area contributed by atoms with E-state index < -0.39 is 0 Å². The topological polar surface area (TPSA) is 24.1 Å². The monoisotopic (exact) mass is 180 g/mol. The molecule has 2 nitrogen and oxygen atoms in total. The van der Waals surface area contributed by atoms with E-state index in [1.165, 1.54) is 5.56 Å². The Balaban J connectivity index is 0.000000424. The molecule has 0 atom stereocenters. The van der Waals surface area contributed by atoms with Gasteiger partial charge in [-0.15, -0.1) is 0 Å². The molecule has 74 valence electrons. The molecule has 0 amide bonds. The van der Waals surface area contributed by atoms with Crippen molar-refractivity contribution in [1.82, 2.24) is 10.6 Å². The van der Waals surface area contributed by atoms with E-state index in [2.05, 4.69) is 34.9 Å². The molecule has 0 saturated heterocycles. The van der Waals surface area contributed by atoms with Gasteiger partial charge in [0, 0.05) is 0 Å². The minimum Gasteiger partial charge on any atom is -0.323 e. The van der Waals surface area contributed by atoms with Crippen molar-refractivity contribution in [3.05, 3.63) is 35.9 Å². The molecule has 2 N–H and O–H groups in total. The highest BCUT2D eigenvalue weighted by Crippen LogP contribution is 1.97. The van der Waals surface area contributed by atoms with E-state index in [1.807, 2.05) is 27.2 Å². The predicted octanol–water partition coefficient (Wildman–Crippen LogP) is 1.28. The van der Waals surface area contributed by atoms with Crippen LogP contribution < -0.4 is 10.6 Å². The largest absolute Gasteiger partial charge is 0.323 e. The fourth-order valence-electron chi connectivity index (χ4n) is 0.914. The van der Waals surface area contributed by atoms with Crippen molar-refractivity contribution in [2.75, 3.05) is 27.7 Å². The van der Waals surface area contributed by atoms with Gasteiger partial charge in [-0.05, 0) is 39.7 Å². The Labute approximate surface area is 81.4 Å². The lowest BCUT2D eigenvalue weighted by Gasteiger charge is -1.97. The first kappa shape index (κ1) is 12.1. The summed E-state index contributed by atoms with van der Waals surface area (Å²) in [6.07, 6.45) is 1.12. The molecule has 0 heterocycles. The van der Waals surface area contributed by atoms with E-state index in [9.17, 15) is 0 Å². The Morgan fingerprint density at radius 1 is 1.00 bits per heavy atom. The summed E-state index contributed by atoms with van der Waals surface area (Å²) in [4.78, 5) is 0. The van der Waals surface area contributed by atoms with E-state index in [4.69, 9.17) is 0 Å². The smallest absolute Gasteiger partial charge is 0.00114 e. The molecule has 0 bridgehead atoms. The van der Waals surface area contributed by atoms with Gasteiger partial charge in [-0.2, -0.15) is 0 Å². The van der Waals surface area contributed by atoms with Crippen LogP contribution >= 0.6 is 0 Å². The maximum Gasteiger partial charge on any atom is -0.00114 e. The summed E-state index contributed by atoms with van der Waals surface area (Å²) in [5.74, 6) is 0. The third kappa shape index (κ3) is 7.50. The van der Waals surface area contributed by atoms with Gasteiger partial charge < -0.3 is 10.6 Å². The van der Waals surface area contributed by atoms with Crippen molar-refractivity contribution in [1.29, 1.82) is 0 Å². The van der Waals surface area contributed by atoms with Gasteiger partial charge >= 0.3 is 0 Å². The highest BCUT2D eigenvalue weighted by Gasteiger charge is 1.86. The van der Waals surface area contributed by atoms with Crippen LogP contribution in [0.1, 0.15) is 5.56 Å². The maximum absolute atomic E-state index is 3.12. The van der Waals surface area contributed by atoms with Gasteiger partial charge in [-0.1, -0.05) is 30.3 Å². The Morgan fingerprint density at radius 3 is 2.00 bits per heavy atom. The van der Waals surface area contributed by atoms with E-state index in [0.717, 1.165) is 13.0 Å². The summed E-state index contributed by atoms with van der Waals surface area (Å²) in [5, 5.41) is 5.87. The Morgan fingerprint density at radius 2 is 1.54 bits per heavy atom. The van der Waals surface area contributed by atoms with Crippen molar-refractivity contribution in [2.24, 2.45) is 0 Å². The van der Waals surface area contributed by atoms with Crippen molar-refractivity contribution < 1.29 is 0 Å². The third-order valence-corrected chi connectivity index (χ3v) is 1.51. The molecule has 0 aliphatic heterocycles. The summed E-state index contributed by atoms with van der Waals surface area (Å²) >= 11 is 0. The van der Waals surface area contributed by atoms with Gasteiger partial charge in [-0.3, -0.25) is 0 Å². The third-order valence-electron chi connectivity index (χ3n) is 1.51. The molecule has 0 fully saturated rings. The lowest BCUT2D eigenvalue weighted by atomic mass is 10.2. The zero-order valence-corrected chi connectivity index (χ0v) is 8.80. The highest BCUT2D eigenvalue weighted by molar-refractivity contribution is 5.14. The minimum atomic E-state index is 1.06. The SMILES string of the molecule is CNC.CNCCc1ccccc1. The first-order chi connectivity index (χ1) is 6.35. The molecule has 0 spiro atoms. The van der Waals surface area contributed by atoms with Crippen LogP contribution in [0.25, 0.3) is 0 Å². The zero-order chi connectivity index (χ0) is 9.94. The van der Waals surface area contributed by atoms with E-state index in [1.54, 1.807) is 0 Å². The lowest BCUT2D eigenvalue weighted by Crippen LogP contribution is -2.09. The summed E-state index contributed by atoms with van der Waals surface area (Å²) in [5.41, 5.74) is 1.40. The molecule has 0 aliphatic rings. The van der Waals surface area contributed by atoms with Crippen LogP contribution in [0, 0.1) is 0 Å². The molecule has 0 aromatic heterocycles. The standard InChI is InChI=1S/C9H13N.C2H7N/c1-10-8-7-9-5-3-2-4-6-9;1-3-2/h2-6,10H,7-8H2,1H3;3H,1-2H3. The first-order valence-electron chi connectivity index (χ1n) is 4.62.